The molecule has 0 bridgehead atoms. The summed E-state index contributed by atoms with van der Waals surface area (Å²) in [5.74, 6) is -3.18. The monoisotopic (exact) mass is 354 g/mol. The summed E-state index contributed by atoms with van der Waals surface area (Å²) in [7, 11) is -4.99. The van der Waals surface area contributed by atoms with Crippen LogP contribution < -0.4 is 9.88 Å². The lowest BCUT2D eigenvalue weighted by atomic mass is 10.6. The van der Waals surface area contributed by atoms with Crippen LogP contribution in [0.3, 0.4) is 0 Å². The first kappa shape index (κ1) is 18.3. The maximum absolute atomic E-state index is 12.5. The van der Waals surface area contributed by atoms with Crippen LogP contribution in [0, 0.1) is 0 Å². The summed E-state index contributed by atoms with van der Waals surface area (Å²) in [5.41, 5.74) is -5.63. The molecule has 0 saturated heterocycles. The SMILES string of the molecule is CC[n+]1cc(S(=O)(=O)C(F)(F)F)n(C)c1NC(=O)C(F)(F)F. The number of carbonyl (C=O) groups excluding carboxylic acids is 1. The molecule has 1 heterocycles. The smallest absolute Gasteiger partial charge is 0.246 e. The van der Waals surface area contributed by atoms with Crippen molar-refractivity contribution in [2.45, 2.75) is 30.2 Å². The minimum Gasteiger partial charge on any atom is -0.246 e. The number of halogens is 6. The Hall–Kier alpha value is -1.79. The fraction of sp³-hybridized carbons (Fsp3) is 0.556. The van der Waals surface area contributed by atoms with Gasteiger partial charge in [0.2, 0.25) is 5.03 Å². The number of alkyl halides is 6. The molecule has 0 unspecified atom stereocenters. The highest BCUT2D eigenvalue weighted by atomic mass is 32.2. The zero-order valence-corrected chi connectivity index (χ0v) is 11.9. The van der Waals surface area contributed by atoms with Crippen molar-refractivity contribution in [1.29, 1.82) is 0 Å². The van der Waals surface area contributed by atoms with E-state index in [1.807, 2.05) is 0 Å². The molecule has 1 aromatic rings. The summed E-state index contributed by atoms with van der Waals surface area (Å²) in [4.78, 5) is 10.9. The zero-order chi connectivity index (χ0) is 17.5. The molecule has 1 rings (SSSR count). The molecular formula is C9H10F6N3O3S+. The van der Waals surface area contributed by atoms with Crippen molar-refractivity contribution < 1.29 is 44.1 Å². The van der Waals surface area contributed by atoms with E-state index in [9.17, 15) is 39.6 Å². The number of imidazole rings is 1. The van der Waals surface area contributed by atoms with E-state index >= 15 is 0 Å². The van der Waals surface area contributed by atoms with Gasteiger partial charge in [0.15, 0.2) is 0 Å². The zero-order valence-electron chi connectivity index (χ0n) is 11.1. The lowest BCUT2D eigenvalue weighted by Gasteiger charge is -2.06. The molecule has 0 atom stereocenters. The van der Waals surface area contributed by atoms with Gasteiger partial charge in [-0.2, -0.15) is 26.3 Å². The molecule has 13 heteroatoms. The molecule has 126 valence electrons. The molecule has 1 aromatic heterocycles. The van der Waals surface area contributed by atoms with Gasteiger partial charge in [-0.15, -0.1) is 0 Å². The van der Waals surface area contributed by atoms with E-state index in [2.05, 4.69) is 0 Å². The van der Waals surface area contributed by atoms with Crippen LogP contribution in [0.1, 0.15) is 6.92 Å². The van der Waals surface area contributed by atoms with Crippen LogP contribution in [0.15, 0.2) is 11.2 Å². The maximum Gasteiger partial charge on any atom is 0.504 e. The number of carbonyl (C=O) groups is 1. The molecule has 0 radical (unpaired) electrons. The third-order valence-electron chi connectivity index (χ3n) is 2.59. The minimum atomic E-state index is -5.78. The number of hydrogen-bond donors (Lipinski definition) is 1. The second kappa shape index (κ2) is 5.44. The molecule has 0 saturated carbocycles. The Morgan fingerprint density at radius 3 is 2.14 bits per heavy atom. The fourth-order valence-corrected chi connectivity index (χ4v) is 2.47. The van der Waals surface area contributed by atoms with Crippen molar-refractivity contribution in [3.63, 3.8) is 0 Å². The summed E-state index contributed by atoms with van der Waals surface area (Å²) >= 11 is 0. The van der Waals surface area contributed by atoms with Gasteiger partial charge >= 0.3 is 33.4 Å². The molecule has 0 fully saturated rings. The number of rotatable bonds is 3. The number of anilines is 1. The minimum absolute atomic E-state index is 0.172. The van der Waals surface area contributed by atoms with Gasteiger partial charge < -0.3 is 0 Å². The number of aryl methyl sites for hydroxylation is 1. The van der Waals surface area contributed by atoms with Crippen molar-refractivity contribution >= 4 is 21.7 Å². The quantitative estimate of drug-likeness (QED) is 0.653. The molecule has 0 aliphatic rings. The molecule has 0 aliphatic carbocycles. The van der Waals surface area contributed by atoms with Crippen molar-refractivity contribution in [2.75, 3.05) is 5.32 Å². The molecule has 1 amide bonds. The Morgan fingerprint density at radius 1 is 1.27 bits per heavy atom. The average Bonchev–Trinajstić information content (AvgIpc) is 2.64. The topological polar surface area (TPSA) is 72.0 Å². The highest BCUT2D eigenvalue weighted by molar-refractivity contribution is 7.92. The number of nitrogens with zero attached hydrogens (tertiary/aromatic N) is 2. The van der Waals surface area contributed by atoms with Crippen LogP contribution in [0.25, 0.3) is 0 Å². The predicted octanol–water partition coefficient (Wildman–Crippen LogP) is 1.13. The van der Waals surface area contributed by atoms with E-state index in [0.29, 0.717) is 10.8 Å². The van der Waals surface area contributed by atoms with Crippen LogP contribution in [0.5, 0.6) is 0 Å². The van der Waals surface area contributed by atoms with Crippen molar-refractivity contribution in [3.8, 4) is 0 Å². The van der Waals surface area contributed by atoms with E-state index in [1.165, 1.54) is 12.2 Å². The van der Waals surface area contributed by atoms with Crippen LogP contribution >= 0.6 is 0 Å². The summed E-state index contributed by atoms with van der Waals surface area (Å²) in [5, 5.41) is 0.0515. The van der Waals surface area contributed by atoms with E-state index in [-0.39, 0.29) is 6.54 Å². The third-order valence-corrected chi connectivity index (χ3v) is 4.13. The highest BCUT2D eigenvalue weighted by Gasteiger charge is 2.51. The first-order chi connectivity index (χ1) is 9.73. The van der Waals surface area contributed by atoms with Gasteiger partial charge in [-0.05, 0) is 6.92 Å². The van der Waals surface area contributed by atoms with Crippen molar-refractivity contribution in [1.82, 2.24) is 4.57 Å². The molecule has 6 nitrogen and oxygen atoms in total. The predicted molar refractivity (Wildman–Crippen MR) is 59.2 cm³/mol. The summed E-state index contributed by atoms with van der Waals surface area (Å²) in [6.45, 7) is 1.17. The molecule has 22 heavy (non-hydrogen) atoms. The maximum atomic E-state index is 12.5. The number of amides is 1. The first-order valence-corrected chi connectivity index (χ1v) is 7.00. The number of aromatic nitrogens is 2. The van der Waals surface area contributed by atoms with Gasteiger partial charge in [0.1, 0.15) is 6.20 Å². The largest absolute Gasteiger partial charge is 0.504 e. The lowest BCUT2D eigenvalue weighted by molar-refractivity contribution is -0.679. The van der Waals surface area contributed by atoms with Gasteiger partial charge in [-0.25, -0.2) is 27.7 Å². The molecular weight excluding hydrogens is 344 g/mol. The van der Waals surface area contributed by atoms with E-state index in [1.54, 1.807) is 0 Å². The van der Waals surface area contributed by atoms with Gasteiger partial charge in [-0.3, -0.25) is 0 Å². The standard InChI is InChI=1S/C9H9F6N3O3S/c1-3-18-4-5(22(20,21)9(13,14)15)17(2)7(18)16-6(19)8(10,11)12/h4H,3H2,1-2H3/p+1. The Balaban J connectivity index is 3.43. The van der Waals surface area contributed by atoms with Crippen LogP contribution in [0.4, 0.5) is 32.3 Å². The number of sulfone groups is 1. The molecule has 0 spiro atoms. The third kappa shape index (κ3) is 3.18. The molecule has 0 aliphatic heterocycles. The van der Waals surface area contributed by atoms with Crippen LogP contribution in [-0.2, 0) is 28.2 Å². The number of hydrogen-bond acceptors (Lipinski definition) is 3. The second-order valence-electron chi connectivity index (χ2n) is 4.04. The van der Waals surface area contributed by atoms with E-state index in [4.69, 9.17) is 0 Å². The van der Waals surface area contributed by atoms with E-state index < -0.39 is 38.4 Å². The van der Waals surface area contributed by atoms with Gasteiger partial charge in [0.05, 0.1) is 13.6 Å². The van der Waals surface area contributed by atoms with Gasteiger partial charge in [0.25, 0.3) is 0 Å². The average molecular weight is 354 g/mol. The van der Waals surface area contributed by atoms with Crippen LogP contribution in [0.2, 0.25) is 0 Å². The van der Waals surface area contributed by atoms with Crippen LogP contribution in [-0.4, -0.2) is 30.6 Å². The summed E-state index contributed by atoms with van der Waals surface area (Å²) in [6.07, 6.45) is -4.78. The van der Waals surface area contributed by atoms with E-state index in [0.717, 1.165) is 11.6 Å². The number of nitrogens with one attached hydrogen (secondary N) is 1. The lowest BCUT2D eigenvalue weighted by Crippen LogP contribution is -2.40. The summed E-state index contributed by atoms with van der Waals surface area (Å²) in [6, 6.07) is 0. The second-order valence-corrected chi connectivity index (χ2v) is 5.93. The molecule has 1 N–H and O–H groups in total. The van der Waals surface area contributed by atoms with Gasteiger partial charge in [0, 0.05) is 0 Å². The Bertz CT molecular complexity index is 689. The van der Waals surface area contributed by atoms with Gasteiger partial charge in [-0.1, -0.05) is 0 Å². The summed E-state index contributed by atoms with van der Waals surface area (Å²) < 4.78 is 97.9. The molecule has 0 aromatic carbocycles. The Morgan fingerprint density at radius 2 is 1.77 bits per heavy atom. The fourth-order valence-electron chi connectivity index (χ4n) is 1.52. The normalized spacial score (nSPS) is 13.3. The first-order valence-electron chi connectivity index (χ1n) is 5.52. The van der Waals surface area contributed by atoms with Crippen molar-refractivity contribution in [2.24, 2.45) is 7.05 Å². The Labute approximate surface area is 120 Å². The highest BCUT2D eigenvalue weighted by Crippen LogP contribution is 2.30. The van der Waals surface area contributed by atoms with Crippen molar-refractivity contribution in [3.05, 3.63) is 6.20 Å². The Kier molecular flexibility index (Phi) is 4.52.